The number of nitrogens with zero attached hydrogens (tertiary/aromatic N) is 6. The average molecular weight is 210 g/mol. The van der Waals surface area contributed by atoms with Gasteiger partial charge in [-0.3, -0.25) is 0 Å². The van der Waals surface area contributed by atoms with E-state index in [9.17, 15) is 0 Å². The highest BCUT2D eigenvalue weighted by molar-refractivity contribution is 5.81. The third kappa shape index (κ3) is 2.99. The fourth-order valence-corrected chi connectivity index (χ4v) is 0.755. The van der Waals surface area contributed by atoms with Crippen molar-refractivity contribution in [1.82, 2.24) is 15.0 Å². The van der Waals surface area contributed by atoms with Gasteiger partial charge in [0.2, 0.25) is 0 Å². The lowest BCUT2D eigenvalue weighted by Crippen LogP contribution is -2.06. The molecule has 0 atom stereocenters. The quantitative estimate of drug-likeness (QED) is 0.342. The second-order valence-corrected chi connectivity index (χ2v) is 2.14. The smallest absolute Gasteiger partial charge is 0.178 e. The van der Waals surface area contributed by atoms with E-state index in [-0.39, 0.29) is 17.5 Å². The Morgan fingerprint density at radius 1 is 0.667 bits per heavy atom. The van der Waals surface area contributed by atoms with Gasteiger partial charge in [-0.15, -0.1) is 0 Å². The first-order valence-electron chi connectivity index (χ1n) is 3.58. The van der Waals surface area contributed by atoms with Crippen LogP contribution < -0.4 is 0 Å². The zero-order valence-corrected chi connectivity index (χ0v) is 7.26. The van der Waals surface area contributed by atoms with E-state index in [1.165, 1.54) is 0 Å². The molecule has 0 aromatic carbocycles. The number of hydrogen-bond acceptors (Lipinski definition) is 9. The minimum atomic E-state index is 0.0253. The van der Waals surface area contributed by atoms with Crippen molar-refractivity contribution in [3.05, 3.63) is 17.5 Å². The molecule has 78 valence electrons. The minimum absolute atomic E-state index is 0.0253. The van der Waals surface area contributed by atoms with Crippen molar-refractivity contribution in [2.75, 3.05) is 0 Å². The summed E-state index contributed by atoms with van der Waals surface area (Å²) >= 11 is 0. The maximum absolute atomic E-state index is 8.26. The number of aromatic nitrogens is 3. The fraction of sp³-hybridized carbons (Fsp3) is 0. The lowest BCUT2D eigenvalue weighted by Gasteiger charge is -1.95. The van der Waals surface area contributed by atoms with E-state index in [1.807, 2.05) is 0 Å². The van der Waals surface area contributed by atoms with Gasteiger partial charge in [0.05, 0.1) is 0 Å². The fourth-order valence-electron chi connectivity index (χ4n) is 0.755. The Morgan fingerprint density at radius 3 is 1.13 bits per heavy atom. The Labute approximate surface area is 83.1 Å². The van der Waals surface area contributed by atoms with Crippen molar-refractivity contribution < 1.29 is 15.6 Å². The van der Waals surface area contributed by atoms with Gasteiger partial charge < -0.3 is 15.6 Å². The zero-order valence-electron chi connectivity index (χ0n) is 7.26. The van der Waals surface area contributed by atoms with E-state index >= 15 is 0 Å². The summed E-state index contributed by atoms with van der Waals surface area (Å²) in [6, 6.07) is 0. The molecule has 3 N–H and O–H groups in total. The molecule has 0 saturated carbocycles. The minimum Gasteiger partial charge on any atom is -0.411 e. The first-order chi connectivity index (χ1) is 7.30. The summed E-state index contributed by atoms with van der Waals surface area (Å²) in [6.07, 6.45) is 2.85. The maximum Gasteiger partial charge on any atom is 0.178 e. The van der Waals surface area contributed by atoms with E-state index in [1.54, 1.807) is 0 Å². The molecular formula is C6H6N6O3. The van der Waals surface area contributed by atoms with Crippen LogP contribution in [0.4, 0.5) is 0 Å². The van der Waals surface area contributed by atoms with Gasteiger partial charge in [-0.25, -0.2) is 15.0 Å². The summed E-state index contributed by atoms with van der Waals surface area (Å²) in [4.78, 5) is 11.1. The summed E-state index contributed by atoms with van der Waals surface area (Å²) in [5, 5.41) is 32.9. The molecule has 9 heteroatoms. The zero-order chi connectivity index (χ0) is 11.1. The summed E-state index contributed by atoms with van der Waals surface area (Å²) in [7, 11) is 0. The second-order valence-electron chi connectivity index (χ2n) is 2.14. The van der Waals surface area contributed by atoms with E-state index in [0.717, 1.165) is 18.6 Å². The Balaban J connectivity index is 3.19. The van der Waals surface area contributed by atoms with E-state index in [4.69, 9.17) is 15.6 Å². The van der Waals surface area contributed by atoms with Crippen molar-refractivity contribution in [3.8, 4) is 0 Å². The van der Waals surface area contributed by atoms with Crippen molar-refractivity contribution >= 4 is 18.6 Å². The van der Waals surface area contributed by atoms with E-state index in [2.05, 4.69) is 30.4 Å². The van der Waals surface area contributed by atoms with Gasteiger partial charge in [-0.05, 0) is 0 Å². The van der Waals surface area contributed by atoms with Crippen molar-refractivity contribution in [3.63, 3.8) is 0 Å². The SMILES string of the molecule is ON=Cc1nc(C=NO)nc(C=NO)n1. The Morgan fingerprint density at radius 2 is 0.933 bits per heavy atom. The van der Waals surface area contributed by atoms with Crippen LogP contribution in [0.2, 0.25) is 0 Å². The molecule has 0 aliphatic carbocycles. The monoisotopic (exact) mass is 210 g/mol. The van der Waals surface area contributed by atoms with Gasteiger partial charge in [-0.1, -0.05) is 15.5 Å². The normalized spacial score (nSPS) is 12.0. The standard InChI is InChI=1S/C6H6N6O3/c13-7-1-4-10-5(2-8-14)12-6(11-4)3-9-15/h1-3,13-15H. The predicted molar refractivity (Wildman–Crippen MR) is 48.0 cm³/mol. The molecule has 0 spiro atoms. The summed E-state index contributed by atoms with van der Waals surface area (Å²) in [6.45, 7) is 0. The van der Waals surface area contributed by atoms with Crippen LogP contribution in [-0.4, -0.2) is 49.2 Å². The lowest BCUT2D eigenvalue weighted by atomic mass is 10.5. The molecule has 0 fully saturated rings. The largest absolute Gasteiger partial charge is 0.411 e. The molecule has 9 nitrogen and oxygen atoms in total. The van der Waals surface area contributed by atoms with Crippen LogP contribution in [0.15, 0.2) is 15.5 Å². The maximum atomic E-state index is 8.26. The highest BCUT2D eigenvalue weighted by Gasteiger charge is 2.02. The van der Waals surface area contributed by atoms with Gasteiger partial charge in [0.15, 0.2) is 17.5 Å². The molecule has 1 rings (SSSR count). The number of oxime groups is 3. The first kappa shape index (κ1) is 10.5. The van der Waals surface area contributed by atoms with E-state index < -0.39 is 0 Å². The van der Waals surface area contributed by atoms with Crippen LogP contribution in [0.25, 0.3) is 0 Å². The second kappa shape index (κ2) is 5.21. The Hall–Kier alpha value is -2.58. The number of rotatable bonds is 3. The molecule has 0 aliphatic heterocycles. The highest BCUT2D eigenvalue weighted by atomic mass is 16.4. The summed E-state index contributed by atoms with van der Waals surface area (Å²) in [5.74, 6) is 0.0758. The summed E-state index contributed by atoms with van der Waals surface area (Å²) in [5.41, 5.74) is 0. The molecular weight excluding hydrogens is 204 g/mol. The molecule has 1 aromatic heterocycles. The van der Waals surface area contributed by atoms with Gasteiger partial charge >= 0.3 is 0 Å². The van der Waals surface area contributed by atoms with Crippen molar-refractivity contribution in [2.45, 2.75) is 0 Å². The molecule has 0 bridgehead atoms. The van der Waals surface area contributed by atoms with Gasteiger partial charge in [0.1, 0.15) is 18.6 Å². The topological polar surface area (TPSA) is 136 Å². The molecule has 0 radical (unpaired) electrons. The third-order valence-corrected chi connectivity index (χ3v) is 1.21. The van der Waals surface area contributed by atoms with Gasteiger partial charge in [0, 0.05) is 0 Å². The summed E-state index contributed by atoms with van der Waals surface area (Å²) < 4.78 is 0. The Kier molecular flexibility index (Phi) is 3.65. The van der Waals surface area contributed by atoms with Crippen molar-refractivity contribution in [1.29, 1.82) is 0 Å². The average Bonchev–Trinajstić information content (AvgIpc) is 2.19. The van der Waals surface area contributed by atoms with E-state index in [0.29, 0.717) is 0 Å². The van der Waals surface area contributed by atoms with Crippen LogP contribution in [0, 0.1) is 0 Å². The molecule has 1 heterocycles. The van der Waals surface area contributed by atoms with Crippen LogP contribution >= 0.6 is 0 Å². The third-order valence-electron chi connectivity index (χ3n) is 1.21. The predicted octanol–water partition coefficient (Wildman–Crippen LogP) is -0.704. The highest BCUT2D eigenvalue weighted by Crippen LogP contribution is 1.91. The molecule has 15 heavy (non-hydrogen) atoms. The molecule has 1 aromatic rings. The van der Waals surface area contributed by atoms with Crippen LogP contribution in [0.5, 0.6) is 0 Å². The Bertz CT molecular complexity index is 341. The van der Waals surface area contributed by atoms with Gasteiger partial charge in [-0.2, -0.15) is 0 Å². The van der Waals surface area contributed by atoms with Crippen LogP contribution in [0.3, 0.4) is 0 Å². The van der Waals surface area contributed by atoms with Crippen molar-refractivity contribution in [2.24, 2.45) is 15.5 Å². The lowest BCUT2D eigenvalue weighted by molar-refractivity contribution is 0.321. The molecule has 0 saturated heterocycles. The van der Waals surface area contributed by atoms with Crippen LogP contribution in [0.1, 0.15) is 17.5 Å². The molecule has 0 aliphatic rings. The van der Waals surface area contributed by atoms with Gasteiger partial charge in [0.25, 0.3) is 0 Å². The first-order valence-corrected chi connectivity index (χ1v) is 3.58. The molecule has 0 unspecified atom stereocenters. The van der Waals surface area contributed by atoms with Crippen LogP contribution in [-0.2, 0) is 0 Å². The molecule has 0 amide bonds. The number of hydrogen-bond donors (Lipinski definition) is 3.